The minimum absolute atomic E-state index is 0.0108. The molecule has 0 saturated carbocycles. The fourth-order valence-electron chi connectivity index (χ4n) is 3.48. The Morgan fingerprint density at radius 2 is 1.75 bits per heavy atom. The second-order valence-electron chi connectivity index (χ2n) is 8.31. The lowest BCUT2D eigenvalue weighted by atomic mass is 10.0. The van der Waals surface area contributed by atoms with E-state index in [-0.39, 0.29) is 17.8 Å². The van der Waals surface area contributed by atoms with Crippen LogP contribution in [0, 0.1) is 0 Å². The minimum Gasteiger partial charge on any atom is -0.383 e. The van der Waals surface area contributed by atoms with E-state index in [1.54, 1.807) is 6.21 Å². The van der Waals surface area contributed by atoms with E-state index < -0.39 is 0 Å². The van der Waals surface area contributed by atoms with Crippen LogP contribution in [0.4, 0.5) is 5.82 Å². The maximum absolute atomic E-state index is 13.0. The summed E-state index contributed by atoms with van der Waals surface area (Å²) < 4.78 is 1.50. The van der Waals surface area contributed by atoms with Crippen LogP contribution in [0.5, 0.6) is 0 Å². The molecular weight excluding hydrogens is 400 g/mol. The van der Waals surface area contributed by atoms with Crippen LogP contribution in [-0.4, -0.2) is 32.8 Å². The maximum atomic E-state index is 13.0. The van der Waals surface area contributed by atoms with Gasteiger partial charge in [-0.15, -0.1) is 0 Å². The average molecular weight is 429 g/mol. The summed E-state index contributed by atoms with van der Waals surface area (Å²) in [5.74, 6) is 0.396. The summed E-state index contributed by atoms with van der Waals surface area (Å²) in [7, 11) is 0. The Morgan fingerprint density at radius 3 is 2.38 bits per heavy atom. The molecule has 164 valence electrons. The van der Waals surface area contributed by atoms with Crippen LogP contribution in [0.25, 0.3) is 22.2 Å². The Kier molecular flexibility index (Phi) is 5.90. The van der Waals surface area contributed by atoms with Gasteiger partial charge in [-0.05, 0) is 42.5 Å². The van der Waals surface area contributed by atoms with Crippen molar-refractivity contribution >= 4 is 40.1 Å². The van der Waals surface area contributed by atoms with Gasteiger partial charge in [-0.25, -0.2) is 9.97 Å². The number of benzene rings is 2. The molecule has 0 bridgehead atoms. The maximum Gasteiger partial charge on any atom is 0.257 e. The first kappa shape index (κ1) is 21.5. The number of nitrogens with zero attached hydrogens (tertiary/aromatic N) is 4. The number of nitrogens with two attached hydrogens (primary N) is 1. The zero-order chi connectivity index (χ0) is 22.8. The fourth-order valence-corrected chi connectivity index (χ4v) is 3.48. The highest BCUT2D eigenvalue weighted by molar-refractivity contribution is 6.10. The van der Waals surface area contributed by atoms with Gasteiger partial charge in [-0.3, -0.25) is 4.79 Å². The van der Waals surface area contributed by atoms with Crippen molar-refractivity contribution in [2.24, 2.45) is 5.10 Å². The predicted molar refractivity (Wildman–Crippen MR) is 130 cm³/mol. The third-order valence-electron chi connectivity index (χ3n) is 5.62. The largest absolute Gasteiger partial charge is 0.383 e. The molecule has 4 aromatic rings. The van der Waals surface area contributed by atoms with Gasteiger partial charge in [0.25, 0.3) is 5.91 Å². The standard InChI is InChI=1S/C25H28N6O/c1-5-16(4)28-25(32)21-22-24(30-20-9-7-6-8-19(20)29-22)31(23(21)26)27-14-17-10-12-18(13-11-17)15(2)3/h6-16H,5,26H2,1-4H3,(H,28,32)/b27-14-/t16-/m1/s1. The Labute approximate surface area is 187 Å². The van der Waals surface area contributed by atoms with Crippen LogP contribution >= 0.6 is 0 Å². The Balaban J connectivity index is 1.84. The lowest BCUT2D eigenvalue weighted by molar-refractivity contribution is 0.0941. The zero-order valence-electron chi connectivity index (χ0n) is 18.8. The molecule has 3 N–H and O–H groups in total. The summed E-state index contributed by atoms with van der Waals surface area (Å²) in [6.45, 7) is 8.28. The lowest BCUT2D eigenvalue weighted by Crippen LogP contribution is -2.32. The first-order chi connectivity index (χ1) is 15.4. The van der Waals surface area contributed by atoms with Crippen LogP contribution in [0.2, 0.25) is 0 Å². The van der Waals surface area contributed by atoms with E-state index in [2.05, 4.69) is 36.4 Å². The molecule has 2 aromatic heterocycles. The van der Waals surface area contributed by atoms with Crippen molar-refractivity contribution < 1.29 is 4.79 Å². The predicted octanol–water partition coefficient (Wildman–Crippen LogP) is 4.70. The smallest absolute Gasteiger partial charge is 0.257 e. The lowest BCUT2D eigenvalue weighted by Gasteiger charge is -2.11. The second kappa shape index (κ2) is 8.78. The van der Waals surface area contributed by atoms with Gasteiger partial charge in [0.15, 0.2) is 5.65 Å². The number of rotatable bonds is 6. The van der Waals surface area contributed by atoms with E-state index in [1.165, 1.54) is 10.2 Å². The van der Waals surface area contributed by atoms with Crippen LogP contribution in [-0.2, 0) is 0 Å². The van der Waals surface area contributed by atoms with Gasteiger partial charge in [-0.1, -0.05) is 57.2 Å². The van der Waals surface area contributed by atoms with Gasteiger partial charge >= 0.3 is 0 Å². The number of amides is 1. The summed E-state index contributed by atoms with van der Waals surface area (Å²) in [6, 6.07) is 15.7. The number of anilines is 1. The number of nitrogens with one attached hydrogen (secondary N) is 1. The van der Waals surface area contributed by atoms with Crippen molar-refractivity contribution in [2.45, 2.75) is 46.1 Å². The molecule has 7 nitrogen and oxygen atoms in total. The summed E-state index contributed by atoms with van der Waals surface area (Å²) in [6.07, 6.45) is 2.52. The number of para-hydroxylation sites is 2. The van der Waals surface area contributed by atoms with Crippen molar-refractivity contribution in [3.8, 4) is 0 Å². The molecule has 0 aliphatic rings. The van der Waals surface area contributed by atoms with Gasteiger partial charge in [0, 0.05) is 6.04 Å². The molecular formula is C25H28N6O. The molecule has 0 radical (unpaired) electrons. The average Bonchev–Trinajstić information content (AvgIpc) is 3.06. The van der Waals surface area contributed by atoms with E-state index in [0.717, 1.165) is 12.0 Å². The van der Waals surface area contributed by atoms with E-state index in [4.69, 9.17) is 15.7 Å². The van der Waals surface area contributed by atoms with Crippen LogP contribution in [0.1, 0.15) is 61.5 Å². The first-order valence-corrected chi connectivity index (χ1v) is 10.9. The Morgan fingerprint density at radius 1 is 1.09 bits per heavy atom. The molecule has 0 aliphatic heterocycles. The Hall–Kier alpha value is -3.74. The third-order valence-corrected chi connectivity index (χ3v) is 5.62. The monoisotopic (exact) mass is 428 g/mol. The van der Waals surface area contributed by atoms with Crippen molar-refractivity contribution in [1.29, 1.82) is 0 Å². The molecule has 2 aromatic carbocycles. The highest BCUT2D eigenvalue weighted by Crippen LogP contribution is 2.28. The highest BCUT2D eigenvalue weighted by Gasteiger charge is 2.24. The molecule has 0 spiro atoms. The van der Waals surface area contributed by atoms with Gasteiger partial charge < -0.3 is 11.1 Å². The molecule has 7 heteroatoms. The molecule has 2 heterocycles. The molecule has 0 unspecified atom stereocenters. The summed E-state index contributed by atoms with van der Waals surface area (Å²) in [4.78, 5) is 22.5. The zero-order valence-corrected chi connectivity index (χ0v) is 18.8. The van der Waals surface area contributed by atoms with Crippen LogP contribution in [0.15, 0.2) is 53.6 Å². The first-order valence-electron chi connectivity index (χ1n) is 10.9. The van der Waals surface area contributed by atoms with Crippen LogP contribution in [0.3, 0.4) is 0 Å². The van der Waals surface area contributed by atoms with Crippen LogP contribution < -0.4 is 11.1 Å². The molecule has 1 atom stereocenters. The second-order valence-corrected chi connectivity index (χ2v) is 8.31. The quantitative estimate of drug-likeness (QED) is 0.435. The molecule has 0 aliphatic carbocycles. The number of fused-ring (bicyclic) bond motifs is 2. The number of carbonyl (C=O) groups excluding carboxylic acids is 1. The van der Waals surface area contributed by atoms with Crippen molar-refractivity contribution in [3.63, 3.8) is 0 Å². The van der Waals surface area contributed by atoms with E-state index in [9.17, 15) is 4.79 Å². The van der Waals surface area contributed by atoms with E-state index >= 15 is 0 Å². The summed E-state index contributed by atoms with van der Waals surface area (Å²) in [5.41, 5.74) is 11.2. The number of carbonyl (C=O) groups is 1. The van der Waals surface area contributed by atoms with Crippen molar-refractivity contribution in [2.75, 3.05) is 5.73 Å². The van der Waals surface area contributed by atoms with E-state index in [0.29, 0.717) is 33.7 Å². The third kappa shape index (κ3) is 4.06. The van der Waals surface area contributed by atoms with Crippen molar-refractivity contribution in [3.05, 3.63) is 65.2 Å². The SMILES string of the molecule is CC[C@@H](C)NC(=O)c1c(N)n(/N=C\c2ccc(C(C)C)cc2)c2nc3ccccc3nc12. The highest BCUT2D eigenvalue weighted by atomic mass is 16.1. The topological polar surface area (TPSA) is 98.2 Å². The molecule has 4 rings (SSSR count). The minimum atomic E-state index is -0.276. The molecule has 0 saturated heterocycles. The molecule has 32 heavy (non-hydrogen) atoms. The van der Waals surface area contributed by atoms with E-state index in [1.807, 2.05) is 50.2 Å². The number of nitrogen functional groups attached to an aromatic ring is 1. The summed E-state index contributed by atoms with van der Waals surface area (Å²) in [5, 5.41) is 7.55. The number of aromatic nitrogens is 3. The van der Waals surface area contributed by atoms with Gasteiger partial charge in [0.05, 0.1) is 17.2 Å². The molecule has 1 amide bonds. The molecule has 0 fully saturated rings. The fraction of sp³-hybridized carbons (Fsp3) is 0.280. The number of hydrogen-bond donors (Lipinski definition) is 2. The normalized spacial score (nSPS) is 12.8. The Bertz CT molecular complexity index is 1300. The van der Waals surface area contributed by atoms with Crippen molar-refractivity contribution in [1.82, 2.24) is 20.0 Å². The van der Waals surface area contributed by atoms with Gasteiger partial charge in [0.2, 0.25) is 0 Å². The van der Waals surface area contributed by atoms with Gasteiger partial charge in [0.1, 0.15) is 16.9 Å². The van der Waals surface area contributed by atoms with Gasteiger partial charge in [-0.2, -0.15) is 9.78 Å². The number of hydrogen-bond acceptors (Lipinski definition) is 5. The summed E-state index contributed by atoms with van der Waals surface area (Å²) >= 11 is 0.